The van der Waals surface area contributed by atoms with Gasteiger partial charge in [-0.1, -0.05) is 31.5 Å². The van der Waals surface area contributed by atoms with Gasteiger partial charge in [0.1, 0.15) is 12.1 Å². The second kappa shape index (κ2) is 6.24. The quantitative estimate of drug-likeness (QED) is 0.758. The molecule has 0 bridgehead atoms. The summed E-state index contributed by atoms with van der Waals surface area (Å²) < 4.78 is 2.14. The van der Waals surface area contributed by atoms with E-state index in [0.717, 1.165) is 41.3 Å². The van der Waals surface area contributed by atoms with Crippen LogP contribution >= 0.6 is 0 Å². The molecule has 0 aliphatic carbocycles. The average Bonchev–Trinajstić information content (AvgIpc) is 2.95. The molecule has 0 saturated carbocycles. The molecular weight excluding hydrogens is 292 g/mol. The fraction of sp³-hybridized carbons (Fsp3) is 0.353. The van der Waals surface area contributed by atoms with E-state index in [1.807, 2.05) is 30.6 Å². The van der Waals surface area contributed by atoms with E-state index < -0.39 is 5.97 Å². The third-order valence-corrected chi connectivity index (χ3v) is 3.92. The van der Waals surface area contributed by atoms with Crippen LogP contribution in [0.3, 0.4) is 0 Å². The lowest BCUT2D eigenvalue weighted by atomic mass is 10.1. The Hall–Kier alpha value is -2.63. The van der Waals surface area contributed by atoms with Crippen LogP contribution in [0.25, 0.3) is 21.9 Å². The Labute approximate surface area is 134 Å². The van der Waals surface area contributed by atoms with Gasteiger partial charge in [-0.3, -0.25) is 4.79 Å². The molecule has 0 fully saturated rings. The van der Waals surface area contributed by atoms with Crippen molar-refractivity contribution in [1.82, 2.24) is 14.5 Å². The van der Waals surface area contributed by atoms with E-state index in [0.29, 0.717) is 5.82 Å². The molecule has 2 heterocycles. The van der Waals surface area contributed by atoms with E-state index >= 15 is 0 Å². The lowest BCUT2D eigenvalue weighted by Crippen LogP contribution is -2.26. The van der Waals surface area contributed by atoms with Crippen LogP contribution in [-0.2, 0) is 11.3 Å². The highest BCUT2D eigenvalue weighted by atomic mass is 16.4. The van der Waals surface area contributed by atoms with Gasteiger partial charge < -0.3 is 14.6 Å². The Balaban J connectivity index is 2.23. The lowest BCUT2D eigenvalue weighted by molar-refractivity contribution is -0.135. The number of likely N-dealkylation sites (N-methyl/N-ethyl adjacent to an activating group) is 1. The Bertz CT molecular complexity index is 856. The Kier molecular flexibility index (Phi) is 4.14. The number of carboxylic acid groups (broad SMARTS) is 1. The summed E-state index contributed by atoms with van der Waals surface area (Å²) >= 11 is 0. The summed E-state index contributed by atoms with van der Waals surface area (Å²) in [4.78, 5) is 21.8. The van der Waals surface area contributed by atoms with Crippen molar-refractivity contribution < 1.29 is 9.90 Å². The molecule has 6 nitrogen and oxygen atoms in total. The first kappa shape index (κ1) is 15.3. The fourth-order valence-electron chi connectivity index (χ4n) is 2.81. The van der Waals surface area contributed by atoms with Crippen LogP contribution in [-0.4, -0.2) is 39.2 Å². The zero-order valence-electron chi connectivity index (χ0n) is 13.4. The van der Waals surface area contributed by atoms with Crippen molar-refractivity contribution >= 4 is 33.7 Å². The highest BCUT2D eigenvalue weighted by Gasteiger charge is 2.17. The average molecular weight is 312 g/mol. The number of fused-ring (bicyclic) bond motifs is 3. The van der Waals surface area contributed by atoms with Crippen molar-refractivity contribution in [2.45, 2.75) is 26.3 Å². The number of para-hydroxylation sites is 1. The number of aromatic nitrogens is 3. The zero-order chi connectivity index (χ0) is 16.4. The molecule has 0 aliphatic heterocycles. The zero-order valence-corrected chi connectivity index (χ0v) is 13.4. The predicted octanol–water partition coefficient (Wildman–Crippen LogP) is 2.91. The maximum absolute atomic E-state index is 11.0. The molecule has 1 aromatic carbocycles. The van der Waals surface area contributed by atoms with Gasteiger partial charge in [0.05, 0.1) is 17.4 Å². The molecule has 120 valence electrons. The molecule has 0 atom stereocenters. The number of anilines is 1. The number of carboxylic acids is 1. The summed E-state index contributed by atoms with van der Waals surface area (Å²) in [6, 6.07) is 7.91. The SMILES string of the molecule is CCCCn1cnc2c(N(C)CC(=O)O)nc3ccccc3c21. The number of imidazole rings is 1. The van der Waals surface area contributed by atoms with Gasteiger partial charge in [0.2, 0.25) is 0 Å². The molecule has 3 rings (SSSR count). The molecule has 6 heteroatoms. The molecule has 0 amide bonds. The summed E-state index contributed by atoms with van der Waals surface area (Å²) in [5.74, 6) is -0.280. The van der Waals surface area contributed by atoms with Crippen LogP contribution in [0.4, 0.5) is 5.82 Å². The number of rotatable bonds is 6. The first-order valence-electron chi connectivity index (χ1n) is 7.78. The van der Waals surface area contributed by atoms with E-state index in [9.17, 15) is 4.79 Å². The van der Waals surface area contributed by atoms with Crippen LogP contribution in [0.1, 0.15) is 19.8 Å². The molecule has 0 saturated heterocycles. The molecule has 0 radical (unpaired) electrons. The summed E-state index contributed by atoms with van der Waals surface area (Å²) in [5.41, 5.74) is 2.63. The van der Waals surface area contributed by atoms with Crippen molar-refractivity contribution in [3.05, 3.63) is 30.6 Å². The Morgan fingerprint density at radius 1 is 1.35 bits per heavy atom. The van der Waals surface area contributed by atoms with Gasteiger partial charge in [-0.2, -0.15) is 0 Å². The van der Waals surface area contributed by atoms with Gasteiger partial charge in [0, 0.05) is 19.0 Å². The number of benzene rings is 1. The van der Waals surface area contributed by atoms with Crippen LogP contribution in [0.2, 0.25) is 0 Å². The smallest absolute Gasteiger partial charge is 0.323 e. The van der Waals surface area contributed by atoms with Gasteiger partial charge in [0.15, 0.2) is 5.82 Å². The second-order valence-corrected chi connectivity index (χ2v) is 5.69. The highest BCUT2D eigenvalue weighted by molar-refractivity contribution is 6.07. The second-order valence-electron chi connectivity index (χ2n) is 5.69. The third-order valence-electron chi connectivity index (χ3n) is 3.92. The summed E-state index contributed by atoms with van der Waals surface area (Å²) in [6.45, 7) is 2.94. The summed E-state index contributed by atoms with van der Waals surface area (Å²) in [7, 11) is 1.73. The van der Waals surface area contributed by atoms with Gasteiger partial charge in [-0.25, -0.2) is 9.97 Å². The van der Waals surface area contributed by atoms with Crippen LogP contribution in [0.15, 0.2) is 30.6 Å². The van der Waals surface area contributed by atoms with Gasteiger partial charge in [-0.15, -0.1) is 0 Å². The topological polar surface area (TPSA) is 71.2 Å². The number of pyridine rings is 1. The number of unbranched alkanes of at least 4 members (excludes halogenated alkanes) is 1. The molecule has 2 aromatic heterocycles. The maximum atomic E-state index is 11.0. The molecular formula is C17H20N4O2. The van der Waals surface area contributed by atoms with Gasteiger partial charge in [0.25, 0.3) is 0 Å². The van der Waals surface area contributed by atoms with Crippen molar-refractivity contribution in [3.8, 4) is 0 Å². The van der Waals surface area contributed by atoms with E-state index in [1.165, 1.54) is 0 Å². The van der Waals surface area contributed by atoms with Crippen LogP contribution in [0.5, 0.6) is 0 Å². The standard InChI is InChI=1S/C17H20N4O2/c1-3-4-9-21-11-18-15-16(21)12-7-5-6-8-13(12)19-17(15)20(2)10-14(22)23/h5-8,11H,3-4,9-10H2,1-2H3,(H,22,23). The number of hydrogen-bond donors (Lipinski definition) is 1. The minimum Gasteiger partial charge on any atom is -0.480 e. The van der Waals surface area contributed by atoms with Gasteiger partial charge in [-0.05, 0) is 12.5 Å². The molecule has 1 N–H and O–H groups in total. The van der Waals surface area contributed by atoms with E-state index in [-0.39, 0.29) is 6.54 Å². The normalized spacial score (nSPS) is 11.2. The third kappa shape index (κ3) is 2.84. The van der Waals surface area contributed by atoms with Crippen LogP contribution < -0.4 is 4.90 Å². The van der Waals surface area contributed by atoms with Crippen molar-refractivity contribution in [3.63, 3.8) is 0 Å². The largest absolute Gasteiger partial charge is 0.480 e. The lowest BCUT2D eigenvalue weighted by Gasteiger charge is -2.17. The number of aryl methyl sites for hydroxylation is 1. The first-order chi connectivity index (χ1) is 11.1. The minimum absolute atomic E-state index is 0.109. The Morgan fingerprint density at radius 3 is 2.87 bits per heavy atom. The minimum atomic E-state index is -0.888. The van der Waals surface area contributed by atoms with Crippen molar-refractivity contribution in [2.24, 2.45) is 0 Å². The van der Waals surface area contributed by atoms with E-state index in [2.05, 4.69) is 21.5 Å². The molecule has 23 heavy (non-hydrogen) atoms. The monoisotopic (exact) mass is 312 g/mol. The number of nitrogens with zero attached hydrogens (tertiary/aromatic N) is 4. The summed E-state index contributed by atoms with van der Waals surface area (Å²) in [6.07, 6.45) is 4.00. The van der Waals surface area contributed by atoms with E-state index in [1.54, 1.807) is 11.9 Å². The molecule has 0 spiro atoms. The summed E-state index contributed by atoms with van der Waals surface area (Å²) in [5, 5.41) is 10.1. The molecule has 0 unspecified atom stereocenters. The Morgan fingerprint density at radius 2 is 2.13 bits per heavy atom. The first-order valence-corrected chi connectivity index (χ1v) is 7.78. The predicted molar refractivity (Wildman–Crippen MR) is 90.8 cm³/mol. The van der Waals surface area contributed by atoms with Crippen molar-refractivity contribution in [2.75, 3.05) is 18.5 Å². The number of carbonyl (C=O) groups is 1. The number of aliphatic carboxylic acids is 1. The number of hydrogen-bond acceptors (Lipinski definition) is 4. The molecule has 0 aliphatic rings. The van der Waals surface area contributed by atoms with E-state index in [4.69, 9.17) is 5.11 Å². The van der Waals surface area contributed by atoms with Crippen molar-refractivity contribution in [1.29, 1.82) is 0 Å². The maximum Gasteiger partial charge on any atom is 0.323 e. The van der Waals surface area contributed by atoms with Crippen LogP contribution in [0, 0.1) is 0 Å². The highest BCUT2D eigenvalue weighted by Crippen LogP contribution is 2.30. The fourth-order valence-corrected chi connectivity index (χ4v) is 2.81. The molecule has 3 aromatic rings. The van der Waals surface area contributed by atoms with Gasteiger partial charge >= 0.3 is 5.97 Å².